The van der Waals surface area contributed by atoms with Crippen LogP contribution in [0.1, 0.15) is 16.7 Å². The van der Waals surface area contributed by atoms with Crippen molar-refractivity contribution >= 4 is 11.4 Å². The highest BCUT2D eigenvalue weighted by Crippen LogP contribution is 2.35. The average molecular weight is 294 g/mol. The molecule has 0 aliphatic heterocycles. The molecular formula is C16H17F3N2. The van der Waals surface area contributed by atoms with Crippen LogP contribution in [0.2, 0.25) is 0 Å². The molecule has 112 valence electrons. The molecular weight excluding hydrogens is 277 g/mol. The maximum atomic E-state index is 12.9. The van der Waals surface area contributed by atoms with Gasteiger partial charge in [0, 0.05) is 25.0 Å². The fourth-order valence-corrected chi connectivity index (χ4v) is 2.20. The van der Waals surface area contributed by atoms with Crippen molar-refractivity contribution in [3.8, 4) is 0 Å². The average Bonchev–Trinajstić information content (AvgIpc) is 2.37. The van der Waals surface area contributed by atoms with Crippen LogP contribution in [0.15, 0.2) is 42.5 Å². The van der Waals surface area contributed by atoms with Crippen LogP contribution >= 0.6 is 0 Å². The van der Waals surface area contributed by atoms with Gasteiger partial charge >= 0.3 is 6.18 Å². The van der Waals surface area contributed by atoms with Gasteiger partial charge in [0.2, 0.25) is 0 Å². The molecule has 2 rings (SSSR count). The van der Waals surface area contributed by atoms with Gasteiger partial charge in [0.05, 0.1) is 5.56 Å². The molecule has 0 aromatic heterocycles. The Morgan fingerprint density at radius 3 is 2.43 bits per heavy atom. The highest BCUT2D eigenvalue weighted by molar-refractivity contribution is 5.59. The predicted octanol–water partition coefficient (Wildman–Crippen LogP) is 4.23. The molecule has 0 atom stereocenters. The summed E-state index contributed by atoms with van der Waals surface area (Å²) in [6.07, 6.45) is -4.44. The van der Waals surface area contributed by atoms with E-state index in [9.17, 15) is 13.2 Å². The van der Waals surface area contributed by atoms with Crippen molar-refractivity contribution in [3.63, 3.8) is 0 Å². The van der Waals surface area contributed by atoms with Gasteiger partial charge in [-0.15, -0.1) is 0 Å². The molecule has 0 amide bonds. The first-order chi connectivity index (χ1) is 9.77. The summed E-state index contributed by atoms with van der Waals surface area (Å²) in [4.78, 5) is 1.77. The third-order valence-corrected chi connectivity index (χ3v) is 3.29. The van der Waals surface area contributed by atoms with Gasteiger partial charge in [0.1, 0.15) is 0 Å². The number of anilines is 2. The summed E-state index contributed by atoms with van der Waals surface area (Å²) in [5.74, 6) is 0. The summed E-state index contributed by atoms with van der Waals surface area (Å²) in [5, 5.41) is 0. The second-order valence-corrected chi connectivity index (χ2v) is 5.11. The zero-order valence-electron chi connectivity index (χ0n) is 11.9. The standard InChI is InChI=1S/C16H17F3N2/c1-11-4-3-5-12(8-11)10-21(2)13-6-7-15(20)14(9-13)16(17,18)19/h3-9H,10,20H2,1-2H3. The number of benzene rings is 2. The van der Waals surface area contributed by atoms with E-state index >= 15 is 0 Å². The highest BCUT2D eigenvalue weighted by Gasteiger charge is 2.33. The SMILES string of the molecule is Cc1cccc(CN(C)c2ccc(N)c(C(F)(F)F)c2)c1. The molecule has 0 saturated carbocycles. The van der Waals surface area contributed by atoms with Gasteiger partial charge in [0.25, 0.3) is 0 Å². The number of nitrogen functional groups attached to an aromatic ring is 1. The largest absolute Gasteiger partial charge is 0.418 e. The number of hydrogen-bond acceptors (Lipinski definition) is 2. The first-order valence-corrected chi connectivity index (χ1v) is 6.51. The molecule has 0 fully saturated rings. The van der Waals surface area contributed by atoms with Gasteiger partial charge in [0.15, 0.2) is 0 Å². The van der Waals surface area contributed by atoms with E-state index in [1.807, 2.05) is 31.2 Å². The molecule has 21 heavy (non-hydrogen) atoms. The van der Waals surface area contributed by atoms with Crippen molar-refractivity contribution < 1.29 is 13.2 Å². The van der Waals surface area contributed by atoms with Crippen molar-refractivity contribution in [3.05, 3.63) is 59.2 Å². The molecule has 2 aromatic rings. The quantitative estimate of drug-likeness (QED) is 0.858. The topological polar surface area (TPSA) is 29.3 Å². The monoisotopic (exact) mass is 294 g/mol. The van der Waals surface area contributed by atoms with Crippen LogP contribution in [0.5, 0.6) is 0 Å². The molecule has 0 heterocycles. The van der Waals surface area contributed by atoms with Crippen molar-refractivity contribution in [2.24, 2.45) is 0 Å². The Balaban J connectivity index is 2.25. The van der Waals surface area contributed by atoms with Crippen LogP contribution in [0.3, 0.4) is 0 Å². The third-order valence-electron chi connectivity index (χ3n) is 3.29. The lowest BCUT2D eigenvalue weighted by molar-refractivity contribution is -0.136. The van der Waals surface area contributed by atoms with E-state index in [0.717, 1.165) is 17.2 Å². The number of nitrogens with two attached hydrogens (primary N) is 1. The molecule has 0 aliphatic carbocycles. The summed E-state index contributed by atoms with van der Waals surface area (Å²) in [5.41, 5.74) is 7.01. The molecule has 0 bridgehead atoms. The Morgan fingerprint density at radius 1 is 1.10 bits per heavy atom. The molecule has 5 heteroatoms. The Bertz CT molecular complexity index is 636. The summed E-state index contributed by atoms with van der Waals surface area (Å²) < 4.78 is 38.6. The maximum Gasteiger partial charge on any atom is 0.418 e. The molecule has 2 nitrogen and oxygen atoms in total. The van der Waals surface area contributed by atoms with E-state index in [2.05, 4.69) is 0 Å². The second kappa shape index (κ2) is 5.68. The maximum absolute atomic E-state index is 12.9. The number of aryl methyl sites for hydroxylation is 1. The second-order valence-electron chi connectivity index (χ2n) is 5.11. The van der Waals surface area contributed by atoms with Gasteiger partial charge < -0.3 is 10.6 Å². The first kappa shape index (κ1) is 15.2. The Labute approximate surface area is 122 Å². The molecule has 0 aliphatic rings. The van der Waals surface area contributed by atoms with E-state index in [0.29, 0.717) is 12.2 Å². The van der Waals surface area contributed by atoms with Crippen molar-refractivity contribution in [1.82, 2.24) is 0 Å². The molecule has 2 aromatic carbocycles. The van der Waals surface area contributed by atoms with Crippen LogP contribution in [0.4, 0.5) is 24.5 Å². The van der Waals surface area contributed by atoms with Gasteiger partial charge in [-0.25, -0.2) is 0 Å². The minimum Gasteiger partial charge on any atom is -0.398 e. The molecule has 0 saturated heterocycles. The van der Waals surface area contributed by atoms with Crippen molar-refractivity contribution in [1.29, 1.82) is 0 Å². The number of hydrogen-bond donors (Lipinski definition) is 1. The van der Waals surface area contributed by atoms with Crippen LogP contribution in [-0.2, 0) is 12.7 Å². The lowest BCUT2D eigenvalue weighted by Crippen LogP contribution is -2.18. The Morgan fingerprint density at radius 2 is 1.81 bits per heavy atom. The van der Waals surface area contributed by atoms with Crippen molar-refractivity contribution in [2.45, 2.75) is 19.6 Å². The number of alkyl halides is 3. The van der Waals surface area contributed by atoms with Gasteiger partial charge in [-0.2, -0.15) is 13.2 Å². The van der Waals surface area contributed by atoms with E-state index < -0.39 is 11.7 Å². The fraction of sp³-hybridized carbons (Fsp3) is 0.250. The van der Waals surface area contributed by atoms with E-state index in [4.69, 9.17) is 5.73 Å². The smallest absolute Gasteiger partial charge is 0.398 e. The van der Waals surface area contributed by atoms with Gasteiger partial charge in [-0.05, 0) is 30.7 Å². The van der Waals surface area contributed by atoms with Crippen LogP contribution < -0.4 is 10.6 Å². The highest BCUT2D eigenvalue weighted by atomic mass is 19.4. The zero-order valence-corrected chi connectivity index (χ0v) is 11.9. The summed E-state index contributed by atoms with van der Waals surface area (Å²) in [6, 6.07) is 11.9. The number of nitrogens with zero attached hydrogens (tertiary/aromatic N) is 1. The number of halogens is 3. The van der Waals surface area contributed by atoms with E-state index in [-0.39, 0.29) is 5.69 Å². The zero-order chi connectivity index (χ0) is 15.6. The minimum absolute atomic E-state index is 0.254. The Hall–Kier alpha value is -2.17. The van der Waals surface area contributed by atoms with E-state index in [1.54, 1.807) is 18.0 Å². The summed E-state index contributed by atoms with van der Waals surface area (Å²) in [7, 11) is 1.76. The van der Waals surface area contributed by atoms with Crippen molar-refractivity contribution in [2.75, 3.05) is 17.7 Å². The third kappa shape index (κ3) is 3.68. The minimum atomic E-state index is -4.44. The predicted molar refractivity (Wildman–Crippen MR) is 79.1 cm³/mol. The fourth-order valence-electron chi connectivity index (χ4n) is 2.20. The van der Waals surface area contributed by atoms with Crippen LogP contribution in [0, 0.1) is 6.92 Å². The lowest BCUT2D eigenvalue weighted by atomic mass is 10.1. The lowest BCUT2D eigenvalue weighted by Gasteiger charge is -2.21. The van der Waals surface area contributed by atoms with Crippen LogP contribution in [-0.4, -0.2) is 7.05 Å². The van der Waals surface area contributed by atoms with Gasteiger partial charge in [-0.1, -0.05) is 29.8 Å². The van der Waals surface area contributed by atoms with Crippen LogP contribution in [0.25, 0.3) is 0 Å². The number of rotatable bonds is 3. The first-order valence-electron chi connectivity index (χ1n) is 6.51. The molecule has 0 radical (unpaired) electrons. The summed E-state index contributed by atoms with van der Waals surface area (Å²) in [6.45, 7) is 2.51. The normalized spacial score (nSPS) is 11.5. The van der Waals surface area contributed by atoms with Gasteiger partial charge in [-0.3, -0.25) is 0 Å². The molecule has 0 spiro atoms. The Kier molecular flexibility index (Phi) is 4.11. The van der Waals surface area contributed by atoms with E-state index in [1.165, 1.54) is 6.07 Å². The molecule has 2 N–H and O–H groups in total. The molecule has 0 unspecified atom stereocenters. The summed E-state index contributed by atoms with van der Waals surface area (Å²) >= 11 is 0.